The summed E-state index contributed by atoms with van der Waals surface area (Å²) >= 11 is 0.276. The molecule has 8 rings (SSSR count). The number of carbonyl (C=O) groups is 1. The van der Waals surface area contributed by atoms with E-state index in [1.807, 2.05) is 0 Å². The van der Waals surface area contributed by atoms with Crippen molar-refractivity contribution in [2.75, 3.05) is 15.4 Å². The number of hydrogen-bond donors (Lipinski definition) is 2. The molecule has 0 bridgehead atoms. The van der Waals surface area contributed by atoms with Crippen LogP contribution in [0.25, 0.3) is 32.4 Å². The Labute approximate surface area is 315 Å². The van der Waals surface area contributed by atoms with E-state index in [4.69, 9.17) is 4.98 Å². The predicted octanol–water partition coefficient (Wildman–Crippen LogP) is 3.08. The molecule has 0 saturated carbocycles. The van der Waals surface area contributed by atoms with Crippen molar-refractivity contribution in [1.82, 2.24) is 34.8 Å². The molecule has 1 aliphatic carbocycles. The van der Waals surface area contributed by atoms with E-state index in [1.165, 1.54) is 21.5 Å². The first-order chi connectivity index (χ1) is 25.4. The number of thiazole rings is 1. The van der Waals surface area contributed by atoms with Crippen LogP contribution in [-0.2, 0) is 46.9 Å². The number of pyridine rings is 1. The summed E-state index contributed by atoms with van der Waals surface area (Å²) in [5, 5.41) is 10.9. The molecule has 1 amide bonds. The first-order valence-electron chi connectivity index (χ1n) is 15.9. The summed E-state index contributed by atoms with van der Waals surface area (Å²) in [6.07, 6.45) is -4.38. The number of para-hydroxylation sites is 1. The van der Waals surface area contributed by atoms with Gasteiger partial charge in [-0.3, -0.25) is 9.40 Å². The van der Waals surface area contributed by atoms with Crippen molar-refractivity contribution >= 4 is 54.3 Å². The Balaban J connectivity index is 1.26. The summed E-state index contributed by atoms with van der Waals surface area (Å²) in [6.45, 7) is -1.02. The van der Waals surface area contributed by atoms with Crippen LogP contribution in [0.3, 0.4) is 0 Å². The zero-order valence-corrected chi connectivity index (χ0v) is 31.5. The molecule has 5 heterocycles. The van der Waals surface area contributed by atoms with Crippen LogP contribution in [0.2, 0.25) is 0 Å². The monoisotopic (exact) mass is 905 g/mol. The fourth-order valence-electron chi connectivity index (χ4n) is 7.07. The van der Waals surface area contributed by atoms with Crippen molar-refractivity contribution in [3.05, 3.63) is 87.8 Å². The van der Waals surface area contributed by atoms with Crippen molar-refractivity contribution < 1.29 is 65.2 Å². The number of hydrogen-bond acceptors (Lipinski definition) is 8. The molecule has 21 heteroatoms. The molecular formula is C33H25F7IN8O3S2-. The molecule has 11 nitrogen and oxygen atoms in total. The second kappa shape index (κ2) is 12.9. The van der Waals surface area contributed by atoms with Gasteiger partial charge >= 0.3 is 215 Å². The minimum absolute atomic E-state index is 0.0302. The summed E-state index contributed by atoms with van der Waals surface area (Å²) in [7, 11) is -2.17. The standard InChI is InChI=1S/C33H25F7IN8O3S2/c1-48-27-17(4-3-5-18(27)30(46-48)47-54(2,51)52)19-10-22-31(42-13-53-22)44-26(19)21(8-14-6-15(34)9-16(35)7-14)43-23(50)12-49-29-24(28(45-49)33(38,39)40)25-20(11-41-25)32(29,36)37/h3-7,9-10,13,20-21,25H,8,11-12H2,1-2H3,(H,43,50)(H,46,47)/q-1/t20-,21?,25+/m1/s1. The number of sulfonamides is 1. The molecular weight excluding hydrogens is 880 g/mol. The van der Waals surface area contributed by atoms with Crippen molar-refractivity contribution in [2.45, 2.75) is 35.0 Å². The fourth-order valence-corrected chi connectivity index (χ4v) is 11.8. The number of anilines is 1. The van der Waals surface area contributed by atoms with Crippen molar-refractivity contribution in [2.24, 2.45) is 13.0 Å². The quantitative estimate of drug-likeness (QED) is 0.129. The van der Waals surface area contributed by atoms with Gasteiger partial charge in [-0.25, -0.2) is 17.2 Å². The van der Waals surface area contributed by atoms with Gasteiger partial charge in [-0.15, -0.1) is 11.3 Å². The molecule has 6 aromatic rings. The van der Waals surface area contributed by atoms with E-state index in [9.17, 15) is 35.2 Å². The Morgan fingerprint density at radius 1 is 1.11 bits per heavy atom. The Bertz CT molecular complexity index is 2610. The van der Waals surface area contributed by atoms with Crippen LogP contribution in [-0.4, -0.2) is 54.5 Å². The molecule has 2 aliphatic rings. The second-order valence-electron chi connectivity index (χ2n) is 13.0. The zero-order chi connectivity index (χ0) is 38.5. The summed E-state index contributed by atoms with van der Waals surface area (Å²) < 4.78 is 131. The number of nitrogens with zero attached hydrogens (tertiary/aromatic N) is 6. The third-order valence-corrected chi connectivity index (χ3v) is 14.4. The number of aryl methyl sites for hydroxylation is 1. The van der Waals surface area contributed by atoms with Crippen LogP contribution in [0.1, 0.15) is 38.2 Å². The first kappa shape index (κ1) is 36.6. The number of fused-ring (bicyclic) bond motifs is 5. The summed E-state index contributed by atoms with van der Waals surface area (Å²) in [6, 6.07) is 8.11. The molecule has 4 aromatic heterocycles. The van der Waals surface area contributed by atoms with Crippen LogP contribution < -0.4 is 31.2 Å². The van der Waals surface area contributed by atoms with Crippen LogP contribution in [0.4, 0.5) is 36.6 Å². The molecule has 3 atom stereocenters. The molecule has 0 spiro atoms. The SMILES string of the molecule is Cn1nc(NS(C)(=O)=O)c2cccc(-c3cc4scnc4nc3C(Cc3cc(F)cc(F)c3)NC(=O)Cn3nc(C(F)(F)F)c4c3C(F)(F)[C@@H]3C[I-][C@H]43)c21. The normalized spacial score (nSPS) is 18.5. The molecule has 1 saturated heterocycles. The number of nitrogens with one attached hydrogen (secondary N) is 2. The van der Waals surface area contributed by atoms with Crippen molar-refractivity contribution in [3.8, 4) is 11.1 Å². The number of benzene rings is 2. The van der Waals surface area contributed by atoms with Crippen LogP contribution in [0.5, 0.6) is 0 Å². The first-order valence-corrected chi connectivity index (χ1v) is 21.5. The molecule has 1 fully saturated rings. The Morgan fingerprint density at radius 3 is 2.52 bits per heavy atom. The van der Waals surface area contributed by atoms with E-state index in [0.29, 0.717) is 37.5 Å². The van der Waals surface area contributed by atoms with Crippen molar-refractivity contribution in [1.29, 1.82) is 0 Å². The van der Waals surface area contributed by atoms with Gasteiger partial charge in [0.05, 0.1) is 11.8 Å². The molecule has 1 aliphatic heterocycles. The average molecular weight is 906 g/mol. The Kier molecular flexibility index (Phi) is 8.71. The number of amides is 1. The van der Waals surface area contributed by atoms with Gasteiger partial charge in [0.1, 0.15) is 0 Å². The number of rotatable bonds is 9. The zero-order valence-electron chi connectivity index (χ0n) is 27.7. The van der Waals surface area contributed by atoms with E-state index in [2.05, 4.69) is 25.2 Å². The maximum absolute atomic E-state index is 15.6. The van der Waals surface area contributed by atoms with Crippen LogP contribution >= 0.6 is 11.3 Å². The third kappa shape index (κ3) is 6.35. The molecule has 284 valence electrons. The van der Waals surface area contributed by atoms with Gasteiger partial charge in [-0.05, 0) is 6.07 Å². The second-order valence-corrected chi connectivity index (χ2v) is 18.7. The fraction of sp³-hybridized carbons (Fsp3) is 0.303. The molecule has 2 aromatic carbocycles. The predicted molar refractivity (Wildman–Crippen MR) is 179 cm³/mol. The molecule has 0 radical (unpaired) electrons. The number of alkyl halides is 7. The van der Waals surface area contributed by atoms with Gasteiger partial charge in [0.25, 0.3) is 0 Å². The van der Waals surface area contributed by atoms with E-state index in [0.717, 1.165) is 18.4 Å². The van der Waals surface area contributed by atoms with Gasteiger partial charge in [0.15, 0.2) is 5.82 Å². The van der Waals surface area contributed by atoms with E-state index in [-0.39, 0.29) is 33.6 Å². The molecule has 54 heavy (non-hydrogen) atoms. The van der Waals surface area contributed by atoms with Crippen LogP contribution in [0.15, 0.2) is 48.0 Å². The van der Waals surface area contributed by atoms with Gasteiger partial charge < -0.3 is 0 Å². The number of aromatic nitrogens is 6. The maximum atomic E-state index is 15.6. The van der Waals surface area contributed by atoms with E-state index in [1.54, 1.807) is 31.3 Å². The van der Waals surface area contributed by atoms with Gasteiger partial charge in [0, 0.05) is 18.5 Å². The number of carbonyl (C=O) groups excluding carboxylic acids is 1. The Hall–Kier alpha value is -4.38. The summed E-state index contributed by atoms with van der Waals surface area (Å²) in [5.41, 5.74) is 0.252. The summed E-state index contributed by atoms with van der Waals surface area (Å²) in [4.78, 5) is 22.9. The molecule has 2 N–H and O–H groups in total. The van der Waals surface area contributed by atoms with E-state index < -0.39 is 100 Å². The molecule has 1 unspecified atom stereocenters. The van der Waals surface area contributed by atoms with E-state index >= 15 is 8.78 Å². The summed E-state index contributed by atoms with van der Waals surface area (Å²) in [5.74, 6) is -7.76. The van der Waals surface area contributed by atoms with Gasteiger partial charge in [-0.1, -0.05) is 6.07 Å². The minimum atomic E-state index is -5.04. The van der Waals surface area contributed by atoms with Gasteiger partial charge in [-0.2, -0.15) is 5.10 Å². The number of halogens is 8. The topological polar surface area (TPSA) is 137 Å². The average Bonchev–Trinajstić information content (AvgIpc) is 3.76. The van der Waals surface area contributed by atoms with Gasteiger partial charge in [0.2, 0.25) is 10.0 Å². The van der Waals surface area contributed by atoms with Crippen molar-refractivity contribution in [3.63, 3.8) is 0 Å². The van der Waals surface area contributed by atoms with Crippen LogP contribution in [0, 0.1) is 17.6 Å². The third-order valence-electron chi connectivity index (χ3n) is 9.20. The Morgan fingerprint density at radius 2 is 1.85 bits per heavy atom.